The lowest BCUT2D eigenvalue weighted by atomic mass is 9.94. The van der Waals surface area contributed by atoms with E-state index in [0.717, 1.165) is 18.9 Å². The minimum atomic E-state index is 0.589. The first kappa shape index (κ1) is 14.2. The van der Waals surface area contributed by atoms with Gasteiger partial charge in [-0.25, -0.2) is 0 Å². The summed E-state index contributed by atoms with van der Waals surface area (Å²) in [4.78, 5) is 4.19. The smallest absolute Gasteiger partial charge is 0.0300 e. The number of likely N-dealkylation sites (N-methyl/N-ethyl adjacent to an activating group) is 1. The Bertz CT molecular complexity index is 284. The first-order chi connectivity index (χ1) is 8.26. The van der Waals surface area contributed by atoms with Gasteiger partial charge in [0, 0.05) is 18.4 Å². The van der Waals surface area contributed by atoms with Crippen LogP contribution < -0.4 is 5.32 Å². The summed E-state index contributed by atoms with van der Waals surface area (Å²) in [7, 11) is 0. The fourth-order valence-corrected chi connectivity index (χ4v) is 2.43. The van der Waals surface area contributed by atoms with Crippen molar-refractivity contribution in [2.24, 2.45) is 5.92 Å². The molecule has 1 aromatic rings. The Kier molecular flexibility index (Phi) is 6.87. The van der Waals surface area contributed by atoms with Crippen molar-refractivity contribution < 1.29 is 0 Å². The first-order valence-corrected chi connectivity index (χ1v) is 6.88. The van der Waals surface area contributed by atoms with Gasteiger partial charge in [0.25, 0.3) is 0 Å². The fourth-order valence-electron chi connectivity index (χ4n) is 2.43. The molecule has 0 aliphatic carbocycles. The number of nitrogens with zero attached hydrogens (tertiary/aromatic N) is 1. The van der Waals surface area contributed by atoms with Gasteiger partial charge in [0.05, 0.1) is 0 Å². The van der Waals surface area contributed by atoms with Gasteiger partial charge in [0.15, 0.2) is 0 Å². The number of hydrogen-bond acceptors (Lipinski definition) is 2. The van der Waals surface area contributed by atoms with Gasteiger partial charge in [-0.1, -0.05) is 39.7 Å². The molecule has 17 heavy (non-hydrogen) atoms. The Hall–Kier alpha value is -0.890. The van der Waals surface area contributed by atoms with Crippen LogP contribution in [0.1, 0.15) is 45.6 Å². The van der Waals surface area contributed by atoms with Crippen LogP contribution in [-0.4, -0.2) is 17.6 Å². The zero-order chi connectivity index (χ0) is 12.5. The van der Waals surface area contributed by atoms with E-state index in [9.17, 15) is 0 Å². The van der Waals surface area contributed by atoms with E-state index in [1.54, 1.807) is 0 Å². The van der Waals surface area contributed by atoms with E-state index in [4.69, 9.17) is 0 Å². The van der Waals surface area contributed by atoms with Crippen LogP contribution in [0.4, 0.5) is 0 Å². The SMILES string of the molecule is CCCC(C)CC(Cc1cccnc1)NCC. The van der Waals surface area contributed by atoms with Gasteiger partial charge in [-0.2, -0.15) is 0 Å². The lowest BCUT2D eigenvalue weighted by molar-refractivity contribution is 0.385. The zero-order valence-electron chi connectivity index (χ0n) is 11.4. The van der Waals surface area contributed by atoms with Crippen LogP contribution in [0.2, 0.25) is 0 Å². The van der Waals surface area contributed by atoms with Crippen molar-refractivity contribution >= 4 is 0 Å². The molecule has 2 unspecified atom stereocenters. The Morgan fingerprint density at radius 1 is 1.35 bits per heavy atom. The Labute approximate surface area is 106 Å². The molecule has 0 saturated heterocycles. The van der Waals surface area contributed by atoms with Crippen LogP contribution in [0.25, 0.3) is 0 Å². The number of hydrogen-bond donors (Lipinski definition) is 1. The Morgan fingerprint density at radius 2 is 2.18 bits per heavy atom. The molecule has 0 aliphatic heterocycles. The molecule has 1 heterocycles. The van der Waals surface area contributed by atoms with Crippen LogP contribution in [-0.2, 0) is 6.42 Å². The molecule has 0 bridgehead atoms. The molecule has 0 fully saturated rings. The predicted octanol–water partition coefficient (Wildman–Crippen LogP) is 3.43. The third kappa shape index (κ3) is 5.83. The summed E-state index contributed by atoms with van der Waals surface area (Å²) in [6.07, 6.45) is 8.79. The second kappa shape index (κ2) is 8.24. The maximum Gasteiger partial charge on any atom is 0.0300 e. The monoisotopic (exact) mass is 234 g/mol. The maximum atomic E-state index is 4.19. The van der Waals surface area contributed by atoms with Crippen molar-refractivity contribution in [3.05, 3.63) is 30.1 Å². The summed E-state index contributed by atoms with van der Waals surface area (Å²) < 4.78 is 0. The summed E-state index contributed by atoms with van der Waals surface area (Å²) in [6.45, 7) is 7.85. The fraction of sp³-hybridized carbons (Fsp3) is 0.667. The van der Waals surface area contributed by atoms with E-state index in [0.29, 0.717) is 6.04 Å². The van der Waals surface area contributed by atoms with E-state index in [-0.39, 0.29) is 0 Å². The molecular formula is C15H26N2. The van der Waals surface area contributed by atoms with Gasteiger partial charge in [0.1, 0.15) is 0 Å². The van der Waals surface area contributed by atoms with E-state index in [1.807, 2.05) is 18.5 Å². The van der Waals surface area contributed by atoms with Crippen LogP contribution >= 0.6 is 0 Å². The third-order valence-corrected chi connectivity index (χ3v) is 3.17. The van der Waals surface area contributed by atoms with E-state index < -0.39 is 0 Å². The van der Waals surface area contributed by atoms with Crippen LogP contribution in [0.3, 0.4) is 0 Å². The third-order valence-electron chi connectivity index (χ3n) is 3.17. The zero-order valence-corrected chi connectivity index (χ0v) is 11.4. The summed E-state index contributed by atoms with van der Waals surface area (Å²) in [5.41, 5.74) is 1.34. The standard InChI is InChI=1S/C15H26N2/c1-4-7-13(3)10-15(17-5-2)11-14-8-6-9-16-12-14/h6,8-9,12-13,15,17H,4-5,7,10-11H2,1-3H3. The molecule has 2 heteroatoms. The quantitative estimate of drug-likeness (QED) is 0.745. The van der Waals surface area contributed by atoms with Gasteiger partial charge < -0.3 is 5.32 Å². The molecule has 1 N–H and O–H groups in total. The Balaban J connectivity index is 2.48. The van der Waals surface area contributed by atoms with Crippen molar-refractivity contribution in [2.75, 3.05) is 6.54 Å². The summed E-state index contributed by atoms with van der Waals surface area (Å²) in [5.74, 6) is 0.806. The molecule has 0 aliphatic rings. The van der Waals surface area contributed by atoms with Crippen LogP contribution in [0.5, 0.6) is 0 Å². The van der Waals surface area contributed by atoms with Gasteiger partial charge in [-0.15, -0.1) is 0 Å². The van der Waals surface area contributed by atoms with Crippen LogP contribution in [0.15, 0.2) is 24.5 Å². The second-order valence-electron chi connectivity index (χ2n) is 4.95. The highest BCUT2D eigenvalue weighted by atomic mass is 14.9. The number of pyridine rings is 1. The topological polar surface area (TPSA) is 24.9 Å². The van der Waals surface area contributed by atoms with E-state index in [1.165, 1.54) is 24.8 Å². The molecule has 0 amide bonds. The minimum absolute atomic E-state index is 0.589. The van der Waals surface area contributed by atoms with Gasteiger partial charge in [0.2, 0.25) is 0 Å². The average Bonchev–Trinajstić information content (AvgIpc) is 2.31. The molecule has 0 radical (unpaired) electrons. The summed E-state index contributed by atoms with van der Waals surface area (Å²) in [5, 5.41) is 3.59. The molecule has 2 atom stereocenters. The number of rotatable bonds is 8. The number of aromatic nitrogens is 1. The molecule has 1 rings (SSSR count). The van der Waals surface area contributed by atoms with Gasteiger partial charge >= 0.3 is 0 Å². The molecule has 96 valence electrons. The highest BCUT2D eigenvalue weighted by Gasteiger charge is 2.12. The van der Waals surface area contributed by atoms with E-state index >= 15 is 0 Å². The summed E-state index contributed by atoms with van der Waals surface area (Å²) >= 11 is 0. The van der Waals surface area contributed by atoms with Gasteiger partial charge in [-0.05, 0) is 36.9 Å². The highest BCUT2D eigenvalue weighted by Crippen LogP contribution is 2.15. The largest absolute Gasteiger partial charge is 0.314 e. The summed E-state index contributed by atoms with van der Waals surface area (Å²) in [6, 6.07) is 4.78. The molecule has 1 aromatic heterocycles. The average molecular weight is 234 g/mol. The van der Waals surface area contributed by atoms with Crippen molar-refractivity contribution in [1.82, 2.24) is 10.3 Å². The van der Waals surface area contributed by atoms with Crippen LogP contribution in [0, 0.1) is 5.92 Å². The van der Waals surface area contributed by atoms with E-state index in [2.05, 4.69) is 37.1 Å². The normalized spacial score (nSPS) is 14.5. The molecule has 0 saturated carbocycles. The van der Waals surface area contributed by atoms with Gasteiger partial charge in [-0.3, -0.25) is 4.98 Å². The van der Waals surface area contributed by atoms with Crippen molar-refractivity contribution in [2.45, 2.75) is 52.5 Å². The minimum Gasteiger partial charge on any atom is -0.314 e. The Morgan fingerprint density at radius 3 is 2.76 bits per heavy atom. The van der Waals surface area contributed by atoms with Crippen molar-refractivity contribution in [3.63, 3.8) is 0 Å². The maximum absolute atomic E-state index is 4.19. The first-order valence-electron chi connectivity index (χ1n) is 6.88. The van der Waals surface area contributed by atoms with Crippen molar-refractivity contribution in [3.8, 4) is 0 Å². The molecular weight excluding hydrogens is 208 g/mol. The van der Waals surface area contributed by atoms with Crippen molar-refractivity contribution in [1.29, 1.82) is 0 Å². The second-order valence-corrected chi connectivity index (χ2v) is 4.95. The molecule has 2 nitrogen and oxygen atoms in total. The lowest BCUT2D eigenvalue weighted by Gasteiger charge is -2.21. The predicted molar refractivity (Wildman–Crippen MR) is 74.1 cm³/mol. The number of nitrogens with one attached hydrogen (secondary N) is 1. The lowest BCUT2D eigenvalue weighted by Crippen LogP contribution is -2.32. The highest BCUT2D eigenvalue weighted by molar-refractivity contribution is 5.10. The molecule has 0 aromatic carbocycles. The molecule has 0 spiro atoms.